The summed E-state index contributed by atoms with van der Waals surface area (Å²) in [5.74, 6) is -3.91. The van der Waals surface area contributed by atoms with E-state index < -0.39 is 42.2 Å². The molecule has 29 heavy (non-hydrogen) atoms. The minimum Gasteiger partial charge on any atom is -0.361 e. The molecule has 0 radical (unpaired) electrons. The summed E-state index contributed by atoms with van der Waals surface area (Å²) in [6.45, 7) is -1.46. The largest absolute Gasteiger partial charge is 0.405 e. The van der Waals surface area contributed by atoms with E-state index in [1.807, 2.05) is 0 Å². The van der Waals surface area contributed by atoms with Gasteiger partial charge in [-0.05, 0) is 12.1 Å². The molecule has 0 spiro atoms. The van der Waals surface area contributed by atoms with Gasteiger partial charge in [-0.1, -0.05) is 11.6 Å². The Kier molecular flexibility index (Phi) is 5.92. The number of hydrogen-bond donors (Lipinski definition) is 1. The van der Waals surface area contributed by atoms with Crippen LogP contribution in [0.25, 0.3) is 11.4 Å². The van der Waals surface area contributed by atoms with Gasteiger partial charge in [-0.2, -0.15) is 13.2 Å². The molecule has 0 aliphatic rings. The summed E-state index contributed by atoms with van der Waals surface area (Å²) in [5, 5.41) is 1.77. The Morgan fingerprint density at radius 1 is 0.931 bits per heavy atom. The monoisotopic (exact) mass is 432 g/mol. The highest BCUT2D eigenvalue weighted by atomic mass is 35.5. The van der Waals surface area contributed by atoms with Gasteiger partial charge in [-0.25, -0.2) is 23.1 Å². The van der Waals surface area contributed by atoms with E-state index in [-0.39, 0.29) is 22.4 Å². The second-order valence-electron chi connectivity index (χ2n) is 5.89. The van der Waals surface area contributed by atoms with Crippen molar-refractivity contribution >= 4 is 17.4 Å². The lowest BCUT2D eigenvalue weighted by Gasteiger charge is -2.16. The first-order valence-corrected chi connectivity index (χ1v) is 8.42. The molecule has 2 heterocycles. The molecule has 0 saturated heterocycles. The number of hydrogen-bond acceptors (Lipinski definition) is 4. The van der Waals surface area contributed by atoms with Crippen LogP contribution in [0.5, 0.6) is 0 Å². The van der Waals surface area contributed by atoms with Crippen molar-refractivity contribution in [1.82, 2.24) is 15.0 Å². The minimum atomic E-state index is -4.59. The van der Waals surface area contributed by atoms with Crippen LogP contribution in [-0.2, 0) is 6.42 Å². The molecule has 11 heteroatoms. The summed E-state index contributed by atoms with van der Waals surface area (Å²) in [6, 6.07) is 3.94. The third-order valence-corrected chi connectivity index (χ3v) is 4.12. The summed E-state index contributed by atoms with van der Waals surface area (Å²) < 4.78 is 79.2. The van der Waals surface area contributed by atoms with Crippen LogP contribution in [0.2, 0.25) is 5.15 Å². The van der Waals surface area contributed by atoms with Gasteiger partial charge >= 0.3 is 6.18 Å². The molecule has 1 aromatic carbocycles. The van der Waals surface area contributed by atoms with E-state index in [2.05, 4.69) is 20.3 Å². The summed E-state index contributed by atoms with van der Waals surface area (Å²) in [7, 11) is 0. The van der Waals surface area contributed by atoms with Crippen LogP contribution in [0, 0.1) is 17.5 Å². The normalized spacial score (nSPS) is 11.6. The maximum Gasteiger partial charge on any atom is 0.405 e. The van der Waals surface area contributed by atoms with Gasteiger partial charge in [0.2, 0.25) is 0 Å². The molecule has 0 saturated carbocycles. The number of benzene rings is 1. The average molecular weight is 433 g/mol. The highest BCUT2D eigenvalue weighted by Crippen LogP contribution is 2.30. The summed E-state index contributed by atoms with van der Waals surface area (Å²) in [4.78, 5) is 11.9. The second-order valence-corrected chi connectivity index (χ2v) is 6.25. The molecule has 2 aromatic heterocycles. The van der Waals surface area contributed by atoms with Gasteiger partial charge in [-0.15, -0.1) is 0 Å². The molecule has 3 rings (SSSR count). The van der Waals surface area contributed by atoms with Crippen molar-refractivity contribution in [2.24, 2.45) is 0 Å². The van der Waals surface area contributed by atoms with Crippen molar-refractivity contribution in [1.29, 1.82) is 0 Å². The molecule has 0 aliphatic heterocycles. The zero-order chi connectivity index (χ0) is 21.2. The molecular weight excluding hydrogens is 422 g/mol. The molecule has 0 amide bonds. The van der Waals surface area contributed by atoms with Crippen LogP contribution in [0.15, 0.2) is 36.7 Å². The first kappa shape index (κ1) is 20.8. The Hall–Kier alpha value is -2.88. The Morgan fingerprint density at radius 3 is 2.14 bits per heavy atom. The van der Waals surface area contributed by atoms with Gasteiger partial charge in [0.05, 0.1) is 0 Å². The van der Waals surface area contributed by atoms with E-state index >= 15 is 0 Å². The highest BCUT2D eigenvalue weighted by molar-refractivity contribution is 6.30. The van der Waals surface area contributed by atoms with Crippen molar-refractivity contribution in [2.45, 2.75) is 12.6 Å². The Bertz CT molecular complexity index is 1000. The fourth-order valence-corrected chi connectivity index (χ4v) is 2.73. The van der Waals surface area contributed by atoms with E-state index in [0.717, 1.165) is 0 Å². The first-order chi connectivity index (χ1) is 13.6. The zero-order valence-electron chi connectivity index (χ0n) is 14.4. The molecule has 0 fully saturated rings. The zero-order valence-corrected chi connectivity index (χ0v) is 15.1. The van der Waals surface area contributed by atoms with Crippen LogP contribution in [-0.4, -0.2) is 27.7 Å². The van der Waals surface area contributed by atoms with Crippen LogP contribution in [0.3, 0.4) is 0 Å². The van der Waals surface area contributed by atoms with Crippen LogP contribution < -0.4 is 5.32 Å². The van der Waals surface area contributed by atoms with Crippen molar-refractivity contribution in [3.63, 3.8) is 0 Å². The SMILES string of the molecule is Fc1cc(F)c(Cc2c(Cl)nc(-c3ccncc3)nc2NCC(F)(F)F)c(F)c1. The predicted octanol–water partition coefficient (Wildman–Crippen LogP) is 5.17. The third-order valence-electron chi connectivity index (χ3n) is 3.81. The summed E-state index contributed by atoms with van der Waals surface area (Å²) in [5.41, 5.74) is -0.329. The Morgan fingerprint density at radius 2 is 1.55 bits per heavy atom. The van der Waals surface area contributed by atoms with E-state index in [0.29, 0.717) is 17.7 Å². The molecule has 0 atom stereocenters. The number of pyridine rings is 1. The van der Waals surface area contributed by atoms with Gasteiger partial charge in [-0.3, -0.25) is 4.98 Å². The lowest BCUT2D eigenvalue weighted by Crippen LogP contribution is -2.23. The third kappa shape index (κ3) is 5.14. The number of anilines is 1. The second kappa shape index (κ2) is 8.24. The summed E-state index contributed by atoms with van der Waals surface area (Å²) >= 11 is 6.11. The van der Waals surface area contributed by atoms with Gasteiger partial charge in [0.1, 0.15) is 35.0 Å². The first-order valence-electron chi connectivity index (χ1n) is 8.05. The average Bonchev–Trinajstić information content (AvgIpc) is 2.64. The van der Waals surface area contributed by atoms with Crippen LogP contribution >= 0.6 is 11.6 Å². The summed E-state index contributed by atoms with van der Waals surface area (Å²) in [6.07, 6.45) is -2.33. The molecule has 0 aliphatic carbocycles. The number of aromatic nitrogens is 3. The standard InChI is InChI=1S/C18H11ClF6N4/c19-15-12(7-11-13(21)5-10(20)6-14(11)22)17(27-8-18(23,24)25)29-16(28-15)9-1-3-26-4-2-9/h1-6H,7-8H2,(H,27,28,29). The van der Waals surface area contributed by atoms with Gasteiger partial charge in [0, 0.05) is 47.6 Å². The van der Waals surface area contributed by atoms with Crippen LogP contribution in [0.4, 0.5) is 32.2 Å². The van der Waals surface area contributed by atoms with Crippen molar-refractivity contribution in [3.8, 4) is 11.4 Å². The number of nitrogens with zero attached hydrogens (tertiary/aromatic N) is 3. The van der Waals surface area contributed by atoms with Gasteiger partial charge in [0.15, 0.2) is 5.82 Å². The fraction of sp³-hybridized carbons (Fsp3) is 0.167. The molecule has 3 aromatic rings. The van der Waals surface area contributed by atoms with Crippen LogP contribution in [0.1, 0.15) is 11.1 Å². The Balaban J connectivity index is 2.07. The lowest BCUT2D eigenvalue weighted by atomic mass is 10.0. The molecule has 4 nitrogen and oxygen atoms in total. The van der Waals surface area contributed by atoms with Crippen molar-refractivity contribution in [2.75, 3.05) is 11.9 Å². The number of rotatable bonds is 5. The number of nitrogens with one attached hydrogen (secondary N) is 1. The highest BCUT2D eigenvalue weighted by Gasteiger charge is 2.28. The smallest absolute Gasteiger partial charge is 0.361 e. The maximum atomic E-state index is 14.0. The van der Waals surface area contributed by atoms with Crippen molar-refractivity contribution < 1.29 is 26.3 Å². The van der Waals surface area contributed by atoms with E-state index in [1.165, 1.54) is 24.5 Å². The Labute approximate surface area is 165 Å². The van der Waals surface area contributed by atoms with Crippen molar-refractivity contribution in [3.05, 3.63) is 70.4 Å². The van der Waals surface area contributed by atoms with E-state index in [1.54, 1.807) is 0 Å². The maximum absolute atomic E-state index is 14.0. The topological polar surface area (TPSA) is 50.7 Å². The number of alkyl halides is 3. The molecule has 1 N–H and O–H groups in total. The molecule has 152 valence electrons. The quantitative estimate of drug-likeness (QED) is 0.446. The lowest BCUT2D eigenvalue weighted by molar-refractivity contribution is -0.115. The van der Waals surface area contributed by atoms with E-state index in [9.17, 15) is 26.3 Å². The molecule has 0 bridgehead atoms. The molecular formula is C18H11ClF6N4. The predicted molar refractivity (Wildman–Crippen MR) is 93.9 cm³/mol. The number of halogens is 7. The fourth-order valence-electron chi connectivity index (χ4n) is 2.49. The molecule has 0 unspecified atom stereocenters. The van der Waals surface area contributed by atoms with Gasteiger partial charge < -0.3 is 5.32 Å². The van der Waals surface area contributed by atoms with E-state index in [4.69, 9.17) is 11.6 Å². The minimum absolute atomic E-state index is 0.00845. The van der Waals surface area contributed by atoms with Gasteiger partial charge in [0.25, 0.3) is 0 Å².